The Morgan fingerprint density at radius 3 is 2.54 bits per heavy atom. The number of benzene rings is 1. The van der Waals surface area contributed by atoms with Gasteiger partial charge in [-0.1, -0.05) is 22.9 Å². The molecule has 0 bridgehead atoms. The van der Waals surface area contributed by atoms with Crippen LogP contribution in [0.15, 0.2) is 28.7 Å². The summed E-state index contributed by atoms with van der Waals surface area (Å²) < 4.78 is 0.922. The summed E-state index contributed by atoms with van der Waals surface area (Å²) in [7, 11) is 0. The molecule has 2 rings (SSSR count). The average molecular weight is 397 g/mol. The van der Waals surface area contributed by atoms with Crippen molar-refractivity contribution in [3.8, 4) is 0 Å². The molecule has 8 heteroatoms. The summed E-state index contributed by atoms with van der Waals surface area (Å²) in [6, 6.07) is 6.89. The van der Waals surface area contributed by atoms with E-state index in [1.807, 2.05) is 19.1 Å². The van der Waals surface area contributed by atoms with Gasteiger partial charge < -0.3 is 20.4 Å². The highest BCUT2D eigenvalue weighted by Crippen LogP contribution is 2.15. The molecule has 130 valence electrons. The third-order valence-electron chi connectivity index (χ3n) is 3.61. The Morgan fingerprint density at radius 1 is 1.21 bits per heavy atom. The van der Waals surface area contributed by atoms with Gasteiger partial charge >= 0.3 is 6.03 Å². The molecule has 1 aromatic rings. The molecule has 0 unspecified atom stereocenters. The Morgan fingerprint density at radius 2 is 1.92 bits per heavy atom. The van der Waals surface area contributed by atoms with E-state index in [9.17, 15) is 14.4 Å². The summed E-state index contributed by atoms with van der Waals surface area (Å²) in [5.41, 5.74) is 0.664. The van der Waals surface area contributed by atoms with Crippen LogP contribution in [-0.4, -0.2) is 60.4 Å². The molecule has 24 heavy (non-hydrogen) atoms. The Balaban J connectivity index is 1.83. The fourth-order valence-corrected chi connectivity index (χ4v) is 2.54. The van der Waals surface area contributed by atoms with E-state index in [1.54, 1.807) is 12.1 Å². The molecule has 1 aromatic carbocycles. The number of halogens is 1. The molecule has 0 radical (unpaired) electrons. The number of anilines is 1. The maximum atomic E-state index is 12.2. The van der Waals surface area contributed by atoms with E-state index in [1.165, 1.54) is 9.80 Å². The number of hydrogen-bond donors (Lipinski definition) is 2. The van der Waals surface area contributed by atoms with Gasteiger partial charge in [0.05, 0.1) is 6.54 Å². The smallest absolute Gasteiger partial charge is 0.322 e. The molecule has 0 aromatic heterocycles. The van der Waals surface area contributed by atoms with E-state index >= 15 is 0 Å². The zero-order valence-electron chi connectivity index (χ0n) is 13.5. The molecule has 7 nitrogen and oxygen atoms in total. The second kappa shape index (κ2) is 8.68. The second-order valence-corrected chi connectivity index (χ2v) is 6.44. The molecule has 1 saturated heterocycles. The van der Waals surface area contributed by atoms with E-state index in [-0.39, 0.29) is 30.9 Å². The van der Waals surface area contributed by atoms with Crippen molar-refractivity contribution in [3.63, 3.8) is 0 Å². The first-order valence-electron chi connectivity index (χ1n) is 7.85. The van der Waals surface area contributed by atoms with E-state index in [0.29, 0.717) is 25.3 Å². The van der Waals surface area contributed by atoms with Crippen molar-refractivity contribution in [1.29, 1.82) is 0 Å². The Labute approximate surface area is 149 Å². The van der Waals surface area contributed by atoms with E-state index in [4.69, 9.17) is 0 Å². The quantitative estimate of drug-likeness (QED) is 0.793. The lowest BCUT2D eigenvalue weighted by molar-refractivity contribution is -0.139. The van der Waals surface area contributed by atoms with E-state index in [2.05, 4.69) is 26.6 Å². The van der Waals surface area contributed by atoms with Gasteiger partial charge in [-0.3, -0.25) is 9.59 Å². The number of carbonyl (C=O) groups excluding carboxylic acids is 3. The van der Waals surface area contributed by atoms with Crippen LogP contribution >= 0.6 is 15.9 Å². The van der Waals surface area contributed by atoms with Gasteiger partial charge in [0.1, 0.15) is 6.54 Å². The minimum atomic E-state index is -0.319. The van der Waals surface area contributed by atoms with Crippen molar-refractivity contribution in [1.82, 2.24) is 15.1 Å². The monoisotopic (exact) mass is 396 g/mol. The highest BCUT2D eigenvalue weighted by Gasteiger charge is 2.28. The Kier molecular flexibility index (Phi) is 6.60. The number of nitrogens with zero attached hydrogens (tertiary/aromatic N) is 2. The van der Waals surface area contributed by atoms with Gasteiger partial charge in [-0.05, 0) is 30.7 Å². The minimum absolute atomic E-state index is 0.0244. The summed E-state index contributed by atoms with van der Waals surface area (Å²) in [5, 5.41) is 5.50. The molecule has 0 saturated carbocycles. The number of carbonyl (C=O) groups is 3. The van der Waals surface area contributed by atoms with Crippen LogP contribution in [0, 0.1) is 0 Å². The van der Waals surface area contributed by atoms with Crippen LogP contribution in [-0.2, 0) is 9.59 Å². The molecule has 0 atom stereocenters. The van der Waals surface area contributed by atoms with Crippen molar-refractivity contribution in [2.75, 3.05) is 38.0 Å². The summed E-state index contributed by atoms with van der Waals surface area (Å²) >= 11 is 3.33. The fourth-order valence-electron chi connectivity index (χ4n) is 2.28. The van der Waals surface area contributed by atoms with Gasteiger partial charge in [0.15, 0.2) is 0 Å². The highest BCUT2D eigenvalue weighted by atomic mass is 79.9. The van der Waals surface area contributed by atoms with Crippen LogP contribution in [0.2, 0.25) is 0 Å². The number of rotatable bonds is 5. The van der Waals surface area contributed by atoms with Crippen LogP contribution in [0.5, 0.6) is 0 Å². The molecule has 1 aliphatic heterocycles. The molecule has 0 aliphatic carbocycles. The Hall–Kier alpha value is -2.09. The first-order chi connectivity index (χ1) is 11.5. The number of hydrogen-bond acceptors (Lipinski definition) is 3. The average Bonchev–Trinajstić information content (AvgIpc) is 2.56. The maximum Gasteiger partial charge on any atom is 0.322 e. The second-order valence-electron chi connectivity index (χ2n) is 5.52. The zero-order chi connectivity index (χ0) is 17.5. The number of nitrogens with one attached hydrogen (secondary N) is 2. The van der Waals surface area contributed by atoms with Gasteiger partial charge in [0.25, 0.3) is 0 Å². The summed E-state index contributed by atoms with van der Waals surface area (Å²) in [5.74, 6) is -0.392. The molecule has 1 aliphatic rings. The van der Waals surface area contributed by atoms with E-state index < -0.39 is 0 Å². The van der Waals surface area contributed by atoms with Crippen molar-refractivity contribution in [2.24, 2.45) is 0 Å². The molecule has 0 spiro atoms. The van der Waals surface area contributed by atoms with Gasteiger partial charge in [0.2, 0.25) is 11.8 Å². The first-order valence-corrected chi connectivity index (χ1v) is 8.65. The van der Waals surface area contributed by atoms with Crippen LogP contribution in [0.4, 0.5) is 10.5 Å². The lowest BCUT2D eigenvalue weighted by atomic mass is 10.3. The topological polar surface area (TPSA) is 81.8 Å². The molecule has 1 heterocycles. The molecular weight excluding hydrogens is 376 g/mol. The third kappa shape index (κ3) is 5.23. The van der Waals surface area contributed by atoms with Gasteiger partial charge in [-0.15, -0.1) is 0 Å². The zero-order valence-corrected chi connectivity index (χ0v) is 15.1. The standard InChI is InChI=1S/C16H21BrN4O3/c1-2-7-18-14(22)10-20-8-9-21(11-15(20)23)16(24)19-13-5-3-12(17)4-6-13/h3-6H,2,7-11H2,1H3,(H,18,22)(H,19,24). The first kappa shape index (κ1) is 18.3. The number of amides is 4. The van der Waals surface area contributed by atoms with Crippen molar-refractivity contribution in [2.45, 2.75) is 13.3 Å². The normalized spacial score (nSPS) is 14.5. The van der Waals surface area contributed by atoms with Crippen LogP contribution in [0.3, 0.4) is 0 Å². The van der Waals surface area contributed by atoms with Crippen molar-refractivity contribution in [3.05, 3.63) is 28.7 Å². The van der Waals surface area contributed by atoms with Crippen molar-refractivity contribution < 1.29 is 14.4 Å². The summed E-state index contributed by atoms with van der Waals surface area (Å²) in [6.07, 6.45) is 0.851. The lowest BCUT2D eigenvalue weighted by Crippen LogP contribution is -2.55. The predicted molar refractivity (Wildman–Crippen MR) is 94.6 cm³/mol. The molecular formula is C16H21BrN4O3. The van der Waals surface area contributed by atoms with Crippen LogP contribution < -0.4 is 10.6 Å². The predicted octanol–water partition coefficient (Wildman–Crippen LogP) is 1.65. The molecule has 1 fully saturated rings. The van der Waals surface area contributed by atoms with Crippen LogP contribution in [0.1, 0.15) is 13.3 Å². The molecule has 2 N–H and O–H groups in total. The van der Waals surface area contributed by atoms with Crippen LogP contribution in [0.25, 0.3) is 0 Å². The number of urea groups is 1. The summed E-state index contributed by atoms with van der Waals surface area (Å²) in [6.45, 7) is 3.34. The fraction of sp³-hybridized carbons (Fsp3) is 0.438. The highest BCUT2D eigenvalue weighted by molar-refractivity contribution is 9.10. The summed E-state index contributed by atoms with van der Waals surface area (Å²) in [4.78, 5) is 39.0. The third-order valence-corrected chi connectivity index (χ3v) is 4.14. The SMILES string of the molecule is CCCNC(=O)CN1CCN(C(=O)Nc2ccc(Br)cc2)CC1=O. The minimum Gasteiger partial charge on any atom is -0.355 e. The van der Waals surface area contributed by atoms with Gasteiger partial charge in [-0.25, -0.2) is 4.79 Å². The van der Waals surface area contributed by atoms with Gasteiger partial charge in [-0.2, -0.15) is 0 Å². The molecule has 4 amide bonds. The lowest BCUT2D eigenvalue weighted by Gasteiger charge is -2.33. The van der Waals surface area contributed by atoms with Gasteiger partial charge in [0, 0.05) is 29.8 Å². The van der Waals surface area contributed by atoms with E-state index in [0.717, 1.165) is 10.9 Å². The number of piperazine rings is 1. The largest absolute Gasteiger partial charge is 0.355 e. The Bertz CT molecular complexity index is 606. The maximum absolute atomic E-state index is 12.2. The van der Waals surface area contributed by atoms with Crippen molar-refractivity contribution >= 4 is 39.5 Å².